The third-order valence-corrected chi connectivity index (χ3v) is 7.05. The van der Waals surface area contributed by atoms with Gasteiger partial charge in [-0.3, -0.25) is 14.4 Å². The minimum atomic E-state index is -0.334. The summed E-state index contributed by atoms with van der Waals surface area (Å²) in [5, 5.41) is 2.91. The molecule has 38 heavy (non-hydrogen) atoms. The molecule has 1 aliphatic rings. The standard InChI is InChI=1S/C29H54N2O5.C2H6/c1-11-13-26(2,3)19-28(6,7)16-25(34)36-18-23(32)30-21-29(8,9)20-27(4,5)15-24(33)31-14-12-22(17-31)35-10;1-2/h22H,11-21H2,1-10H3,(H,30,32);1-2H3. The molecule has 1 aliphatic heterocycles. The van der Waals surface area contributed by atoms with Crippen LogP contribution in [0, 0.1) is 21.7 Å². The second kappa shape index (κ2) is 15.8. The summed E-state index contributed by atoms with van der Waals surface area (Å²) in [6.07, 6.45) is 5.70. The van der Waals surface area contributed by atoms with E-state index >= 15 is 0 Å². The number of methoxy groups -OCH3 is 1. The first-order chi connectivity index (χ1) is 17.4. The van der Waals surface area contributed by atoms with Crippen LogP contribution in [0.3, 0.4) is 0 Å². The van der Waals surface area contributed by atoms with Crippen LogP contribution in [0.2, 0.25) is 0 Å². The largest absolute Gasteiger partial charge is 0.456 e. The Morgan fingerprint density at radius 1 is 0.868 bits per heavy atom. The predicted molar refractivity (Wildman–Crippen MR) is 156 cm³/mol. The van der Waals surface area contributed by atoms with Crippen LogP contribution in [0.5, 0.6) is 0 Å². The fourth-order valence-electron chi connectivity index (χ4n) is 6.19. The number of ether oxygens (including phenoxy) is 2. The van der Waals surface area contributed by atoms with Gasteiger partial charge in [0.25, 0.3) is 5.91 Å². The lowest BCUT2D eigenvalue weighted by Crippen LogP contribution is -2.40. The summed E-state index contributed by atoms with van der Waals surface area (Å²) >= 11 is 0. The van der Waals surface area contributed by atoms with Crippen LogP contribution in [0.15, 0.2) is 0 Å². The Labute approximate surface area is 234 Å². The van der Waals surface area contributed by atoms with Gasteiger partial charge in [0.15, 0.2) is 6.61 Å². The number of nitrogens with zero attached hydrogens (tertiary/aromatic N) is 1. The molecule has 224 valence electrons. The molecule has 0 aromatic carbocycles. The van der Waals surface area contributed by atoms with Gasteiger partial charge in [0.1, 0.15) is 0 Å². The minimum Gasteiger partial charge on any atom is -0.456 e. The zero-order valence-corrected chi connectivity index (χ0v) is 26.8. The lowest BCUT2D eigenvalue weighted by molar-refractivity contribution is -0.151. The molecule has 0 spiro atoms. The SMILES string of the molecule is CC.CCCC(C)(C)CC(C)(C)CC(=O)OCC(=O)NCC(C)(C)CC(C)(C)CC(=O)N1CCC(OC)C1. The quantitative estimate of drug-likeness (QED) is 0.244. The maximum atomic E-state index is 12.8. The van der Waals surface area contributed by atoms with E-state index in [0.29, 0.717) is 25.9 Å². The number of rotatable bonds is 15. The molecule has 1 atom stereocenters. The van der Waals surface area contributed by atoms with E-state index in [1.807, 2.05) is 18.7 Å². The van der Waals surface area contributed by atoms with Crippen LogP contribution in [0.4, 0.5) is 0 Å². The minimum absolute atomic E-state index is 0.136. The molecule has 7 nitrogen and oxygen atoms in total. The second-order valence-corrected chi connectivity index (χ2v) is 14.0. The monoisotopic (exact) mass is 540 g/mol. The van der Waals surface area contributed by atoms with Gasteiger partial charge >= 0.3 is 5.97 Å². The Hall–Kier alpha value is -1.63. The summed E-state index contributed by atoms with van der Waals surface area (Å²) in [4.78, 5) is 39.5. The molecule has 0 aromatic heterocycles. The van der Waals surface area contributed by atoms with Crippen molar-refractivity contribution in [2.24, 2.45) is 21.7 Å². The Kier molecular flexibility index (Phi) is 15.2. The average Bonchev–Trinajstić information content (AvgIpc) is 3.25. The Balaban J connectivity index is 0.00000667. The number of hydrogen-bond donors (Lipinski definition) is 1. The molecule has 0 saturated carbocycles. The molecule has 1 unspecified atom stereocenters. The highest BCUT2D eigenvalue weighted by molar-refractivity contribution is 5.80. The highest BCUT2D eigenvalue weighted by Gasteiger charge is 2.35. The first-order valence-electron chi connectivity index (χ1n) is 14.6. The molecule has 0 radical (unpaired) electrons. The maximum absolute atomic E-state index is 12.8. The summed E-state index contributed by atoms with van der Waals surface area (Å²) in [6.45, 7) is 24.8. The van der Waals surface area contributed by atoms with Gasteiger partial charge in [0.05, 0.1) is 12.5 Å². The lowest BCUT2D eigenvalue weighted by atomic mass is 9.71. The van der Waals surface area contributed by atoms with Gasteiger partial charge in [-0.1, -0.05) is 82.6 Å². The van der Waals surface area contributed by atoms with Crippen LogP contribution in [-0.4, -0.2) is 62.1 Å². The number of nitrogens with one attached hydrogen (secondary N) is 1. The highest BCUT2D eigenvalue weighted by atomic mass is 16.5. The Bertz CT molecular complexity index is 743. The molecule has 1 rings (SSSR count). The van der Waals surface area contributed by atoms with E-state index in [1.165, 1.54) is 0 Å². The van der Waals surface area contributed by atoms with Gasteiger partial charge in [-0.2, -0.15) is 0 Å². The van der Waals surface area contributed by atoms with Gasteiger partial charge in [-0.05, 0) is 47.3 Å². The smallest absolute Gasteiger partial charge is 0.306 e. The number of carbonyl (C=O) groups excluding carboxylic acids is 3. The van der Waals surface area contributed by atoms with Crippen molar-refractivity contribution < 1.29 is 23.9 Å². The molecular weight excluding hydrogens is 480 g/mol. The van der Waals surface area contributed by atoms with E-state index in [2.05, 4.69) is 67.6 Å². The molecule has 0 aliphatic carbocycles. The van der Waals surface area contributed by atoms with Crippen LogP contribution in [0.25, 0.3) is 0 Å². The van der Waals surface area contributed by atoms with E-state index in [9.17, 15) is 14.4 Å². The Morgan fingerprint density at radius 2 is 1.42 bits per heavy atom. The molecule has 0 bridgehead atoms. The molecule has 1 saturated heterocycles. The highest BCUT2D eigenvalue weighted by Crippen LogP contribution is 2.39. The number of likely N-dealkylation sites (tertiary alicyclic amines) is 1. The summed E-state index contributed by atoms with van der Waals surface area (Å²) in [5.74, 6) is -0.469. The van der Waals surface area contributed by atoms with E-state index in [4.69, 9.17) is 9.47 Å². The summed E-state index contributed by atoms with van der Waals surface area (Å²) in [6, 6.07) is 0. The van der Waals surface area contributed by atoms with Crippen molar-refractivity contribution in [1.82, 2.24) is 10.2 Å². The van der Waals surface area contributed by atoms with Crippen molar-refractivity contribution in [1.29, 1.82) is 0 Å². The van der Waals surface area contributed by atoms with E-state index < -0.39 is 0 Å². The zero-order chi connectivity index (χ0) is 29.8. The van der Waals surface area contributed by atoms with Crippen molar-refractivity contribution in [2.75, 3.05) is 33.4 Å². The van der Waals surface area contributed by atoms with E-state index in [1.54, 1.807) is 7.11 Å². The maximum Gasteiger partial charge on any atom is 0.306 e. The van der Waals surface area contributed by atoms with Crippen LogP contribution in [0.1, 0.15) is 121 Å². The Morgan fingerprint density at radius 3 is 1.95 bits per heavy atom. The van der Waals surface area contributed by atoms with Crippen molar-refractivity contribution in [2.45, 2.75) is 127 Å². The van der Waals surface area contributed by atoms with Gasteiger partial charge in [-0.15, -0.1) is 0 Å². The fraction of sp³-hybridized carbons (Fsp3) is 0.903. The normalized spacial score (nSPS) is 16.5. The first kappa shape index (κ1) is 36.4. The number of hydrogen-bond acceptors (Lipinski definition) is 5. The van der Waals surface area contributed by atoms with Gasteiger partial charge in [0.2, 0.25) is 5.91 Å². The molecule has 1 heterocycles. The third kappa shape index (κ3) is 15.1. The van der Waals surface area contributed by atoms with E-state index in [-0.39, 0.29) is 52.2 Å². The number of carbonyl (C=O) groups is 3. The van der Waals surface area contributed by atoms with Crippen LogP contribution < -0.4 is 5.32 Å². The molecular formula is C31H60N2O5. The van der Waals surface area contributed by atoms with Crippen molar-refractivity contribution in [3.05, 3.63) is 0 Å². The van der Waals surface area contributed by atoms with Gasteiger partial charge < -0.3 is 19.7 Å². The molecule has 1 N–H and O–H groups in total. The van der Waals surface area contributed by atoms with E-state index in [0.717, 1.165) is 38.6 Å². The molecule has 2 amide bonds. The summed E-state index contributed by atoms with van der Waals surface area (Å²) in [5.41, 5.74) is -0.437. The second-order valence-electron chi connectivity index (χ2n) is 14.0. The summed E-state index contributed by atoms with van der Waals surface area (Å²) < 4.78 is 10.7. The molecule has 0 aromatic rings. The topological polar surface area (TPSA) is 84.9 Å². The number of esters is 1. The summed E-state index contributed by atoms with van der Waals surface area (Å²) in [7, 11) is 1.69. The molecule has 7 heteroatoms. The zero-order valence-electron chi connectivity index (χ0n) is 26.8. The van der Waals surface area contributed by atoms with Gasteiger partial charge in [0, 0.05) is 33.2 Å². The van der Waals surface area contributed by atoms with Crippen molar-refractivity contribution in [3.63, 3.8) is 0 Å². The molecule has 1 fully saturated rings. The van der Waals surface area contributed by atoms with Crippen LogP contribution >= 0.6 is 0 Å². The third-order valence-electron chi connectivity index (χ3n) is 7.05. The van der Waals surface area contributed by atoms with Gasteiger partial charge in [-0.25, -0.2) is 0 Å². The first-order valence-corrected chi connectivity index (χ1v) is 14.6. The fourth-order valence-corrected chi connectivity index (χ4v) is 6.19. The van der Waals surface area contributed by atoms with Crippen molar-refractivity contribution >= 4 is 17.8 Å². The van der Waals surface area contributed by atoms with Crippen molar-refractivity contribution in [3.8, 4) is 0 Å². The number of amides is 2. The predicted octanol–water partition coefficient (Wildman–Crippen LogP) is 6.38. The average molecular weight is 541 g/mol. The lowest BCUT2D eigenvalue weighted by Gasteiger charge is -2.35. The van der Waals surface area contributed by atoms with Crippen LogP contribution in [-0.2, 0) is 23.9 Å².